The number of ether oxygens (including phenoxy) is 2. The summed E-state index contributed by atoms with van der Waals surface area (Å²) in [5.74, 6) is 2.00. The van der Waals surface area contributed by atoms with Gasteiger partial charge in [-0.2, -0.15) is 0 Å². The topological polar surface area (TPSA) is 50.8 Å². The van der Waals surface area contributed by atoms with Gasteiger partial charge in [-0.05, 0) is 31.7 Å². The lowest BCUT2D eigenvalue weighted by atomic mass is 10.2. The van der Waals surface area contributed by atoms with E-state index in [1.807, 2.05) is 0 Å². The average Bonchev–Trinajstić information content (AvgIpc) is 3.35. The molecule has 3 rings (SSSR count). The first kappa shape index (κ1) is 17.4. The fourth-order valence-electron chi connectivity index (χ4n) is 2.89. The van der Waals surface area contributed by atoms with Crippen LogP contribution >= 0.6 is 11.6 Å². The Morgan fingerprint density at radius 2 is 2.00 bits per heavy atom. The number of carbonyl (C=O) groups excluding carboxylic acids is 1. The van der Waals surface area contributed by atoms with E-state index < -0.39 is 0 Å². The van der Waals surface area contributed by atoms with Crippen molar-refractivity contribution in [3.05, 3.63) is 17.2 Å². The Bertz CT molecular complexity index is 590. The standard InChI is InChI=1S/C18H25ClN2O3/c1-2-6-21(11-13-4-5-13)12-18(22)20-15-10-17-16(9-14(15)19)23-7-3-8-24-17/h9-10,13H,2-8,11-12H2,1H3,(H,20,22). The lowest BCUT2D eigenvalue weighted by Crippen LogP contribution is -2.35. The molecule has 1 saturated carbocycles. The molecule has 0 radical (unpaired) electrons. The summed E-state index contributed by atoms with van der Waals surface area (Å²) in [4.78, 5) is 14.6. The van der Waals surface area contributed by atoms with E-state index in [0.717, 1.165) is 31.8 Å². The maximum Gasteiger partial charge on any atom is 0.238 e. The molecule has 1 aromatic rings. The van der Waals surface area contributed by atoms with Crippen molar-refractivity contribution in [2.75, 3.05) is 38.2 Å². The van der Waals surface area contributed by atoms with Gasteiger partial charge in [-0.25, -0.2) is 0 Å². The molecule has 0 aromatic heterocycles. The molecule has 5 nitrogen and oxygen atoms in total. The minimum Gasteiger partial charge on any atom is -0.490 e. The number of anilines is 1. The van der Waals surface area contributed by atoms with Crippen molar-refractivity contribution in [3.8, 4) is 11.5 Å². The van der Waals surface area contributed by atoms with Gasteiger partial charge in [0.25, 0.3) is 0 Å². The van der Waals surface area contributed by atoms with Gasteiger partial charge in [0.2, 0.25) is 5.91 Å². The van der Waals surface area contributed by atoms with Crippen LogP contribution in [0.25, 0.3) is 0 Å². The number of amides is 1. The number of hydrogen-bond donors (Lipinski definition) is 1. The van der Waals surface area contributed by atoms with Gasteiger partial charge in [0.05, 0.1) is 30.5 Å². The van der Waals surface area contributed by atoms with E-state index in [2.05, 4.69) is 17.1 Å². The highest BCUT2D eigenvalue weighted by Crippen LogP contribution is 2.37. The van der Waals surface area contributed by atoms with E-state index in [-0.39, 0.29) is 5.91 Å². The van der Waals surface area contributed by atoms with Gasteiger partial charge < -0.3 is 14.8 Å². The molecule has 1 aromatic carbocycles. The van der Waals surface area contributed by atoms with Crippen molar-refractivity contribution in [2.24, 2.45) is 5.92 Å². The molecule has 24 heavy (non-hydrogen) atoms. The van der Waals surface area contributed by atoms with Crippen molar-refractivity contribution in [3.63, 3.8) is 0 Å². The molecule has 0 bridgehead atoms. The van der Waals surface area contributed by atoms with Crippen LogP contribution in [0.3, 0.4) is 0 Å². The third-order valence-corrected chi connectivity index (χ3v) is 4.54. The number of nitrogens with zero attached hydrogens (tertiary/aromatic N) is 1. The SMILES string of the molecule is CCCN(CC(=O)Nc1cc2c(cc1Cl)OCCCO2)CC1CC1. The van der Waals surface area contributed by atoms with E-state index >= 15 is 0 Å². The molecule has 1 aliphatic carbocycles. The number of nitrogens with one attached hydrogen (secondary N) is 1. The van der Waals surface area contributed by atoms with Crippen molar-refractivity contribution < 1.29 is 14.3 Å². The second-order valence-corrected chi connectivity index (χ2v) is 6.96. The van der Waals surface area contributed by atoms with E-state index in [9.17, 15) is 4.79 Å². The fraction of sp³-hybridized carbons (Fsp3) is 0.611. The monoisotopic (exact) mass is 352 g/mol. The molecule has 1 heterocycles. The van der Waals surface area contributed by atoms with Crippen LogP contribution in [0.4, 0.5) is 5.69 Å². The zero-order valence-electron chi connectivity index (χ0n) is 14.1. The molecule has 0 atom stereocenters. The number of halogens is 1. The van der Waals surface area contributed by atoms with Gasteiger partial charge in [-0.3, -0.25) is 9.69 Å². The van der Waals surface area contributed by atoms with Gasteiger partial charge in [-0.15, -0.1) is 0 Å². The Hall–Kier alpha value is -1.46. The van der Waals surface area contributed by atoms with Gasteiger partial charge in [-0.1, -0.05) is 18.5 Å². The maximum atomic E-state index is 12.4. The van der Waals surface area contributed by atoms with Crippen LogP contribution in [-0.2, 0) is 4.79 Å². The number of carbonyl (C=O) groups is 1. The molecule has 1 N–H and O–H groups in total. The largest absolute Gasteiger partial charge is 0.490 e. The van der Waals surface area contributed by atoms with E-state index in [1.165, 1.54) is 12.8 Å². The third-order valence-electron chi connectivity index (χ3n) is 4.23. The van der Waals surface area contributed by atoms with E-state index in [1.54, 1.807) is 12.1 Å². The molecule has 0 saturated heterocycles. The summed E-state index contributed by atoms with van der Waals surface area (Å²) in [5.41, 5.74) is 0.578. The quantitative estimate of drug-likeness (QED) is 0.815. The Morgan fingerprint density at radius 3 is 2.67 bits per heavy atom. The highest BCUT2D eigenvalue weighted by atomic mass is 35.5. The van der Waals surface area contributed by atoms with Crippen molar-refractivity contribution in [1.29, 1.82) is 0 Å². The van der Waals surface area contributed by atoms with Crippen molar-refractivity contribution in [2.45, 2.75) is 32.6 Å². The number of rotatable bonds is 7. The number of hydrogen-bond acceptors (Lipinski definition) is 4. The first-order valence-electron chi connectivity index (χ1n) is 8.77. The normalized spacial score (nSPS) is 16.8. The van der Waals surface area contributed by atoms with Gasteiger partial charge in [0.15, 0.2) is 11.5 Å². The van der Waals surface area contributed by atoms with Gasteiger partial charge in [0, 0.05) is 25.1 Å². The minimum absolute atomic E-state index is 0.0412. The summed E-state index contributed by atoms with van der Waals surface area (Å²) >= 11 is 6.29. The molecule has 1 aliphatic heterocycles. The van der Waals surface area contributed by atoms with Crippen LogP contribution in [0.15, 0.2) is 12.1 Å². The van der Waals surface area contributed by atoms with Crippen LogP contribution in [-0.4, -0.2) is 43.7 Å². The summed E-state index contributed by atoms with van der Waals surface area (Å²) in [7, 11) is 0. The molecular weight excluding hydrogens is 328 g/mol. The van der Waals surface area contributed by atoms with Crippen LogP contribution in [0.1, 0.15) is 32.6 Å². The smallest absolute Gasteiger partial charge is 0.238 e. The molecule has 0 unspecified atom stereocenters. The molecular formula is C18H25ClN2O3. The van der Waals surface area contributed by atoms with E-state index in [4.69, 9.17) is 21.1 Å². The summed E-state index contributed by atoms with van der Waals surface area (Å²) in [6.45, 7) is 5.71. The molecule has 1 amide bonds. The second-order valence-electron chi connectivity index (χ2n) is 6.56. The van der Waals surface area contributed by atoms with Crippen molar-refractivity contribution in [1.82, 2.24) is 4.90 Å². The zero-order valence-corrected chi connectivity index (χ0v) is 14.9. The van der Waals surface area contributed by atoms with Crippen molar-refractivity contribution >= 4 is 23.2 Å². The second kappa shape index (κ2) is 8.08. The Balaban J connectivity index is 1.63. The lowest BCUT2D eigenvalue weighted by Gasteiger charge is -2.21. The van der Waals surface area contributed by atoms with Crippen LogP contribution in [0, 0.1) is 5.92 Å². The minimum atomic E-state index is -0.0412. The third kappa shape index (κ3) is 4.77. The van der Waals surface area contributed by atoms with Gasteiger partial charge >= 0.3 is 0 Å². The first-order chi connectivity index (χ1) is 11.7. The number of benzene rings is 1. The Morgan fingerprint density at radius 1 is 1.29 bits per heavy atom. The van der Waals surface area contributed by atoms with E-state index in [0.29, 0.717) is 42.0 Å². The van der Waals surface area contributed by atoms with Crippen LogP contribution < -0.4 is 14.8 Å². The summed E-state index contributed by atoms with van der Waals surface area (Å²) in [5, 5.41) is 3.38. The molecule has 6 heteroatoms. The fourth-order valence-corrected chi connectivity index (χ4v) is 3.09. The highest BCUT2D eigenvalue weighted by Gasteiger charge is 2.25. The maximum absolute atomic E-state index is 12.4. The molecule has 2 aliphatic rings. The van der Waals surface area contributed by atoms with Gasteiger partial charge in [0.1, 0.15) is 0 Å². The van der Waals surface area contributed by atoms with Crippen LogP contribution in [0.2, 0.25) is 5.02 Å². The number of fused-ring (bicyclic) bond motifs is 1. The Labute approximate surface area is 148 Å². The Kier molecular flexibility index (Phi) is 5.85. The first-order valence-corrected chi connectivity index (χ1v) is 9.15. The lowest BCUT2D eigenvalue weighted by molar-refractivity contribution is -0.117. The zero-order chi connectivity index (χ0) is 16.9. The molecule has 1 fully saturated rings. The molecule has 132 valence electrons. The summed E-state index contributed by atoms with van der Waals surface area (Å²) in [6, 6.07) is 3.47. The predicted octanol–water partition coefficient (Wildman–Crippen LogP) is 3.56. The summed E-state index contributed by atoms with van der Waals surface area (Å²) < 4.78 is 11.3. The summed E-state index contributed by atoms with van der Waals surface area (Å²) in [6.07, 6.45) is 4.46. The van der Waals surface area contributed by atoms with Crippen LogP contribution in [0.5, 0.6) is 11.5 Å². The molecule has 0 spiro atoms. The highest BCUT2D eigenvalue weighted by molar-refractivity contribution is 6.34. The predicted molar refractivity (Wildman–Crippen MR) is 95.1 cm³/mol. The average molecular weight is 353 g/mol.